The first kappa shape index (κ1) is 25.1. The maximum Gasteiger partial charge on any atom is 0.228 e. The highest BCUT2D eigenvalue weighted by Crippen LogP contribution is 2.32. The number of allylic oxidation sites excluding steroid dienone is 1. The molecule has 2 saturated carbocycles. The number of ether oxygens (including phenoxy) is 1. The van der Waals surface area contributed by atoms with E-state index < -0.39 is 0 Å². The Kier molecular flexibility index (Phi) is 7.16. The molecule has 10 nitrogen and oxygen atoms in total. The summed E-state index contributed by atoms with van der Waals surface area (Å²) in [5.41, 5.74) is 3.12. The standard InChI is InChI=1S/C28H37N7O3/c1-18-20(14-27(37)30-18)13-21-16-29-35-26(32-23-6-7-23)15-25(33-28(21)35)31-22-4-2-19(3-5-22)12-24(36)17-34-8-10-38-11-9-34/h13,15-16,19,22-23,32H,1-12,14,17H2,(H,30,37)(H,31,33)/b20-13+. The molecule has 0 spiro atoms. The Balaban J connectivity index is 1.11. The molecule has 2 aromatic rings. The highest BCUT2D eigenvalue weighted by Gasteiger charge is 2.27. The predicted octanol–water partition coefficient (Wildman–Crippen LogP) is 2.98. The molecule has 0 atom stereocenters. The summed E-state index contributed by atoms with van der Waals surface area (Å²) in [7, 11) is 0. The van der Waals surface area contributed by atoms with E-state index in [4.69, 9.17) is 9.72 Å². The molecule has 4 aliphatic rings. The highest BCUT2D eigenvalue weighted by atomic mass is 16.5. The number of carbonyl (C=O) groups excluding carboxylic acids is 2. The topological polar surface area (TPSA) is 113 Å². The third-order valence-electron chi connectivity index (χ3n) is 8.01. The molecular weight excluding hydrogens is 482 g/mol. The molecule has 2 aliphatic carbocycles. The van der Waals surface area contributed by atoms with Crippen molar-refractivity contribution in [1.29, 1.82) is 0 Å². The molecule has 4 heterocycles. The van der Waals surface area contributed by atoms with Crippen molar-refractivity contribution in [2.75, 3.05) is 43.5 Å². The fourth-order valence-electron chi connectivity index (χ4n) is 5.71. The van der Waals surface area contributed by atoms with E-state index >= 15 is 0 Å². The minimum atomic E-state index is -0.0393. The molecule has 1 amide bonds. The van der Waals surface area contributed by atoms with Gasteiger partial charge in [-0.1, -0.05) is 6.58 Å². The molecule has 10 heteroatoms. The van der Waals surface area contributed by atoms with Gasteiger partial charge in [-0.15, -0.1) is 0 Å². The summed E-state index contributed by atoms with van der Waals surface area (Å²) in [6, 6.07) is 2.85. The summed E-state index contributed by atoms with van der Waals surface area (Å²) >= 11 is 0. The lowest BCUT2D eigenvalue weighted by Gasteiger charge is -2.30. The third-order valence-corrected chi connectivity index (χ3v) is 8.01. The first-order valence-electron chi connectivity index (χ1n) is 13.9. The van der Waals surface area contributed by atoms with Crippen LogP contribution in [0.25, 0.3) is 11.7 Å². The lowest BCUT2D eigenvalue weighted by molar-refractivity contribution is -0.122. The van der Waals surface area contributed by atoms with E-state index in [1.54, 1.807) is 6.20 Å². The van der Waals surface area contributed by atoms with Crippen molar-refractivity contribution in [3.05, 3.63) is 35.7 Å². The van der Waals surface area contributed by atoms with Gasteiger partial charge in [0.2, 0.25) is 5.91 Å². The zero-order valence-electron chi connectivity index (χ0n) is 21.9. The van der Waals surface area contributed by atoms with E-state index in [2.05, 4.69) is 32.5 Å². The second kappa shape index (κ2) is 10.9. The SMILES string of the molecule is C=C1NC(=O)C/C1=C\c1cnn2c(NC3CC3)cc(NC3CCC(CC(=O)CN4CCOCC4)CC3)nc12. The quantitative estimate of drug-likeness (QED) is 0.464. The fourth-order valence-corrected chi connectivity index (χ4v) is 5.71. The third kappa shape index (κ3) is 5.91. The smallest absolute Gasteiger partial charge is 0.228 e. The van der Waals surface area contributed by atoms with Crippen molar-refractivity contribution in [3.8, 4) is 0 Å². The number of hydrogen-bond donors (Lipinski definition) is 3. The number of ketones is 1. The van der Waals surface area contributed by atoms with Crippen LogP contribution in [0.2, 0.25) is 0 Å². The fraction of sp³-hybridized carbons (Fsp3) is 0.571. The van der Waals surface area contributed by atoms with E-state index in [1.165, 1.54) is 0 Å². The Bertz CT molecular complexity index is 1250. The molecule has 202 valence electrons. The number of rotatable bonds is 9. The van der Waals surface area contributed by atoms with Gasteiger partial charge in [0.1, 0.15) is 17.4 Å². The average molecular weight is 520 g/mol. The zero-order valence-corrected chi connectivity index (χ0v) is 21.9. The Hall–Kier alpha value is -3.24. The van der Waals surface area contributed by atoms with Crippen LogP contribution in [0.15, 0.2) is 30.1 Å². The lowest BCUT2D eigenvalue weighted by Crippen LogP contribution is -2.40. The van der Waals surface area contributed by atoms with Gasteiger partial charge in [0.15, 0.2) is 5.65 Å². The first-order chi connectivity index (χ1) is 18.5. The van der Waals surface area contributed by atoms with Gasteiger partial charge in [-0.3, -0.25) is 14.5 Å². The van der Waals surface area contributed by atoms with E-state index in [0.717, 1.165) is 93.2 Å². The Labute approximate surface area is 222 Å². The molecule has 0 bridgehead atoms. The van der Waals surface area contributed by atoms with Crippen molar-refractivity contribution < 1.29 is 14.3 Å². The van der Waals surface area contributed by atoms with Crippen molar-refractivity contribution in [2.24, 2.45) is 5.92 Å². The second-order valence-electron chi connectivity index (χ2n) is 11.1. The molecule has 38 heavy (non-hydrogen) atoms. The van der Waals surface area contributed by atoms with Gasteiger partial charge in [-0.2, -0.15) is 9.61 Å². The monoisotopic (exact) mass is 519 g/mol. The molecule has 2 aliphatic heterocycles. The number of fused-ring (bicyclic) bond motifs is 1. The summed E-state index contributed by atoms with van der Waals surface area (Å²) < 4.78 is 7.24. The van der Waals surface area contributed by atoms with Gasteiger partial charge in [0.25, 0.3) is 0 Å². The molecule has 2 aromatic heterocycles. The van der Waals surface area contributed by atoms with E-state index in [0.29, 0.717) is 48.9 Å². The molecule has 0 unspecified atom stereocenters. The van der Waals surface area contributed by atoms with Gasteiger partial charge in [-0.05, 0) is 56.1 Å². The summed E-state index contributed by atoms with van der Waals surface area (Å²) in [5, 5.41) is 14.6. The number of nitrogens with one attached hydrogen (secondary N) is 3. The summed E-state index contributed by atoms with van der Waals surface area (Å²) in [4.78, 5) is 31.6. The van der Waals surface area contributed by atoms with Gasteiger partial charge in [0, 0.05) is 48.9 Å². The molecule has 0 aromatic carbocycles. The maximum atomic E-state index is 12.6. The number of hydrogen-bond acceptors (Lipinski definition) is 8. The molecular formula is C28H37N7O3. The number of anilines is 2. The Morgan fingerprint density at radius 2 is 1.87 bits per heavy atom. The number of nitrogens with zero attached hydrogens (tertiary/aromatic N) is 4. The van der Waals surface area contributed by atoms with Crippen LogP contribution in [-0.4, -0.2) is 76.1 Å². The van der Waals surface area contributed by atoms with Crippen molar-refractivity contribution in [2.45, 2.75) is 63.5 Å². The van der Waals surface area contributed by atoms with Crippen molar-refractivity contribution in [1.82, 2.24) is 24.8 Å². The maximum absolute atomic E-state index is 12.6. The first-order valence-corrected chi connectivity index (χ1v) is 13.9. The van der Waals surface area contributed by atoms with E-state index in [9.17, 15) is 9.59 Å². The predicted molar refractivity (Wildman–Crippen MR) is 146 cm³/mol. The van der Waals surface area contributed by atoms with E-state index in [1.807, 2.05) is 16.7 Å². The van der Waals surface area contributed by atoms with Crippen LogP contribution < -0.4 is 16.0 Å². The van der Waals surface area contributed by atoms with Gasteiger partial charge >= 0.3 is 0 Å². The van der Waals surface area contributed by atoms with Gasteiger partial charge in [-0.25, -0.2) is 4.98 Å². The minimum Gasteiger partial charge on any atom is -0.379 e. The normalized spacial score (nSPS) is 25.6. The van der Waals surface area contributed by atoms with Crippen LogP contribution in [-0.2, 0) is 14.3 Å². The molecule has 3 N–H and O–H groups in total. The number of carbonyl (C=O) groups is 2. The van der Waals surface area contributed by atoms with Gasteiger partial charge in [0.05, 0.1) is 32.4 Å². The largest absolute Gasteiger partial charge is 0.379 e. The number of aromatic nitrogens is 3. The van der Waals surface area contributed by atoms with Crippen molar-refractivity contribution in [3.63, 3.8) is 0 Å². The summed E-state index contributed by atoms with van der Waals surface area (Å²) in [6.07, 6.45) is 11.2. The van der Waals surface area contributed by atoms with Crippen LogP contribution in [0.5, 0.6) is 0 Å². The van der Waals surface area contributed by atoms with Gasteiger partial charge < -0.3 is 20.7 Å². The summed E-state index contributed by atoms with van der Waals surface area (Å²) in [5.74, 6) is 2.53. The number of morpholine rings is 1. The van der Waals surface area contributed by atoms with Crippen LogP contribution in [0, 0.1) is 5.92 Å². The summed E-state index contributed by atoms with van der Waals surface area (Å²) in [6.45, 7) is 7.69. The van der Waals surface area contributed by atoms with Crippen LogP contribution in [0.1, 0.15) is 56.9 Å². The molecule has 4 fully saturated rings. The zero-order chi connectivity index (χ0) is 26.1. The van der Waals surface area contributed by atoms with Crippen LogP contribution >= 0.6 is 0 Å². The van der Waals surface area contributed by atoms with Crippen molar-refractivity contribution >= 4 is 35.0 Å². The highest BCUT2D eigenvalue weighted by molar-refractivity contribution is 5.89. The minimum absolute atomic E-state index is 0.0393. The molecule has 0 radical (unpaired) electrons. The Morgan fingerprint density at radius 3 is 2.58 bits per heavy atom. The molecule has 6 rings (SSSR count). The Morgan fingerprint density at radius 1 is 1.13 bits per heavy atom. The van der Waals surface area contributed by atoms with E-state index in [-0.39, 0.29) is 5.91 Å². The van der Waals surface area contributed by atoms with Crippen LogP contribution in [0.4, 0.5) is 11.6 Å². The number of amides is 1. The van der Waals surface area contributed by atoms with Crippen LogP contribution in [0.3, 0.4) is 0 Å². The molecule has 2 saturated heterocycles. The lowest BCUT2D eigenvalue weighted by atomic mass is 9.83. The number of Topliss-reactive ketones (excluding diaryl/α,β-unsaturated/α-hetero) is 1. The average Bonchev–Trinajstić information content (AvgIpc) is 3.54. The second-order valence-corrected chi connectivity index (χ2v) is 11.1.